The lowest BCUT2D eigenvalue weighted by Gasteiger charge is -2.39. The van der Waals surface area contributed by atoms with Crippen LogP contribution in [0.25, 0.3) is 0 Å². The van der Waals surface area contributed by atoms with E-state index in [2.05, 4.69) is 52.6 Å². The van der Waals surface area contributed by atoms with Crippen LogP contribution in [0.3, 0.4) is 0 Å². The van der Waals surface area contributed by atoms with Gasteiger partial charge < -0.3 is 9.47 Å². The SMILES string of the molecule is CCC(C)(Oc1ccc(C2(c3ccc(Oc4cccc(C(C)(Cl)CP)c4C#N)cc3)CCCCC2)cc1)c1cccc(Cl)c1C#N. The second-order valence-electron chi connectivity index (χ2n) is 12.4. The van der Waals surface area contributed by atoms with E-state index in [-0.39, 0.29) is 5.41 Å². The first kappa shape index (κ1) is 33.8. The van der Waals surface area contributed by atoms with Crippen LogP contribution in [0.4, 0.5) is 0 Å². The van der Waals surface area contributed by atoms with E-state index in [9.17, 15) is 10.5 Å². The Morgan fingerprint density at radius 2 is 1.35 bits per heavy atom. The topological polar surface area (TPSA) is 66.0 Å². The Bertz CT molecular complexity index is 1770. The number of halogens is 2. The molecule has 0 amide bonds. The summed E-state index contributed by atoms with van der Waals surface area (Å²) in [4.78, 5) is -0.684. The Balaban J connectivity index is 1.42. The Kier molecular flexibility index (Phi) is 10.3. The van der Waals surface area contributed by atoms with Crippen LogP contribution in [0.2, 0.25) is 5.02 Å². The zero-order valence-corrected chi connectivity index (χ0v) is 29.2. The second kappa shape index (κ2) is 14.1. The monoisotopic (exact) mass is 668 g/mol. The van der Waals surface area contributed by atoms with Crippen LogP contribution < -0.4 is 9.47 Å². The van der Waals surface area contributed by atoms with Gasteiger partial charge in [-0.15, -0.1) is 20.8 Å². The quantitative estimate of drug-likeness (QED) is 0.125. The molecule has 1 aliphatic rings. The Morgan fingerprint density at radius 1 is 0.783 bits per heavy atom. The third kappa shape index (κ3) is 6.64. The molecule has 0 N–H and O–H groups in total. The van der Waals surface area contributed by atoms with E-state index in [1.807, 2.05) is 68.4 Å². The van der Waals surface area contributed by atoms with Crippen LogP contribution >= 0.6 is 32.4 Å². The minimum atomic E-state index is -0.710. The summed E-state index contributed by atoms with van der Waals surface area (Å²) in [6.45, 7) is 5.97. The minimum absolute atomic E-state index is 0.124. The van der Waals surface area contributed by atoms with Gasteiger partial charge in [-0.1, -0.05) is 86.3 Å². The number of nitrogens with zero attached hydrogens (tertiary/aromatic N) is 2. The first-order valence-electron chi connectivity index (χ1n) is 15.8. The van der Waals surface area contributed by atoms with Crippen molar-refractivity contribution in [3.05, 3.63) is 123 Å². The van der Waals surface area contributed by atoms with Gasteiger partial charge in [-0.3, -0.25) is 0 Å². The highest BCUT2D eigenvalue weighted by Gasteiger charge is 2.36. The van der Waals surface area contributed by atoms with Gasteiger partial charge in [0, 0.05) is 11.0 Å². The fourth-order valence-electron chi connectivity index (χ4n) is 6.64. The van der Waals surface area contributed by atoms with Gasteiger partial charge in [0.1, 0.15) is 35.0 Å². The molecule has 1 aliphatic carbocycles. The molecule has 4 aromatic carbocycles. The molecule has 0 spiro atoms. The third-order valence-corrected chi connectivity index (χ3v) is 11.3. The molecule has 0 radical (unpaired) electrons. The molecule has 46 heavy (non-hydrogen) atoms. The summed E-state index contributed by atoms with van der Waals surface area (Å²) in [6, 6.07) is 32.4. The van der Waals surface area contributed by atoms with Crippen molar-refractivity contribution in [2.24, 2.45) is 0 Å². The summed E-state index contributed by atoms with van der Waals surface area (Å²) in [5.74, 6) is 1.92. The molecule has 0 saturated heterocycles. The van der Waals surface area contributed by atoms with E-state index >= 15 is 0 Å². The predicted octanol–water partition coefficient (Wildman–Crippen LogP) is 11.2. The first-order valence-corrected chi connectivity index (χ1v) is 17.4. The van der Waals surface area contributed by atoms with Crippen molar-refractivity contribution < 1.29 is 9.47 Å². The molecule has 3 unspecified atom stereocenters. The molecule has 0 bridgehead atoms. The predicted molar refractivity (Wildman–Crippen MR) is 190 cm³/mol. The minimum Gasteiger partial charge on any atom is -0.483 e. The molecular weight excluding hydrogens is 630 g/mol. The van der Waals surface area contributed by atoms with E-state index in [1.54, 1.807) is 6.07 Å². The van der Waals surface area contributed by atoms with Crippen LogP contribution in [0.1, 0.15) is 92.7 Å². The van der Waals surface area contributed by atoms with Gasteiger partial charge >= 0.3 is 0 Å². The maximum absolute atomic E-state index is 9.98. The van der Waals surface area contributed by atoms with Crippen molar-refractivity contribution in [3.8, 4) is 29.4 Å². The lowest BCUT2D eigenvalue weighted by molar-refractivity contribution is 0.0822. The van der Waals surface area contributed by atoms with E-state index in [1.165, 1.54) is 17.5 Å². The zero-order chi connectivity index (χ0) is 33.0. The van der Waals surface area contributed by atoms with Gasteiger partial charge in [-0.2, -0.15) is 10.5 Å². The molecule has 0 aromatic heterocycles. The fourth-order valence-corrected chi connectivity index (χ4v) is 7.24. The van der Waals surface area contributed by atoms with Crippen molar-refractivity contribution in [2.45, 2.75) is 75.2 Å². The van der Waals surface area contributed by atoms with Crippen LogP contribution in [0.5, 0.6) is 17.2 Å². The fraction of sp³-hybridized carbons (Fsp3) is 0.333. The normalized spacial score (nSPS) is 16.7. The standard InChI is InChI=1S/C39H39Cl2N2O2P/c1-4-38(3,34-11-8-12-35(40)31(34)24-42)45-30-20-16-28(17-21-30)39(22-6-5-7-23-39)27-14-18-29(19-15-27)44-36-13-9-10-33(32(36)25-43)37(2,41)26-46/h8-21H,4-7,22-23,26,46H2,1-3H3. The van der Waals surface area contributed by atoms with Crippen LogP contribution in [0.15, 0.2) is 84.9 Å². The van der Waals surface area contributed by atoms with Crippen molar-refractivity contribution in [2.75, 3.05) is 6.16 Å². The maximum atomic E-state index is 9.98. The second-order valence-corrected chi connectivity index (χ2v) is 14.1. The molecular formula is C39H39Cl2N2O2P. The average Bonchev–Trinajstić information content (AvgIpc) is 3.09. The number of hydrogen-bond donors (Lipinski definition) is 0. The summed E-state index contributed by atoms with van der Waals surface area (Å²) >= 11 is 13.1. The molecule has 4 aromatic rings. The zero-order valence-electron chi connectivity index (χ0n) is 26.6. The summed E-state index contributed by atoms with van der Waals surface area (Å²) < 4.78 is 12.8. The van der Waals surface area contributed by atoms with E-state index in [4.69, 9.17) is 32.7 Å². The molecule has 1 fully saturated rings. The lowest BCUT2D eigenvalue weighted by Crippen LogP contribution is -2.31. The van der Waals surface area contributed by atoms with Gasteiger partial charge in [0.05, 0.1) is 21.0 Å². The van der Waals surface area contributed by atoms with Crippen molar-refractivity contribution in [1.82, 2.24) is 0 Å². The van der Waals surface area contributed by atoms with Gasteiger partial charge in [0.15, 0.2) is 0 Å². The molecule has 236 valence electrons. The van der Waals surface area contributed by atoms with Crippen LogP contribution in [0, 0.1) is 22.7 Å². The molecule has 1 saturated carbocycles. The number of nitriles is 2. The number of rotatable bonds is 10. The molecule has 5 rings (SSSR count). The maximum Gasteiger partial charge on any atom is 0.145 e. The first-order chi connectivity index (χ1) is 22.1. The number of alkyl halides is 1. The highest BCUT2D eigenvalue weighted by molar-refractivity contribution is 7.16. The Morgan fingerprint density at radius 3 is 1.91 bits per heavy atom. The summed E-state index contributed by atoms with van der Waals surface area (Å²) in [5.41, 5.74) is 4.12. The molecule has 4 nitrogen and oxygen atoms in total. The van der Waals surface area contributed by atoms with E-state index in [0.29, 0.717) is 40.2 Å². The number of hydrogen-bond acceptors (Lipinski definition) is 4. The lowest BCUT2D eigenvalue weighted by atomic mass is 9.65. The van der Waals surface area contributed by atoms with Gasteiger partial charge in [-0.05, 0) is 92.4 Å². The van der Waals surface area contributed by atoms with Gasteiger partial charge in [0.25, 0.3) is 0 Å². The van der Waals surface area contributed by atoms with E-state index in [0.717, 1.165) is 42.6 Å². The third-order valence-electron chi connectivity index (χ3n) is 9.54. The van der Waals surface area contributed by atoms with Crippen molar-refractivity contribution in [3.63, 3.8) is 0 Å². The molecule has 3 atom stereocenters. The van der Waals surface area contributed by atoms with Crippen LogP contribution in [-0.2, 0) is 15.9 Å². The van der Waals surface area contributed by atoms with Gasteiger partial charge in [-0.25, -0.2) is 0 Å². The smallest absolute Gasteiger partial charge is 0.145 e. The largest absolute Gasteiger partial charge is 0.483 e. The van der Waals surface area contributed by atoms with Crippen molar-refractivity contribution >= 4 is 32.4 Å². The van der Waals surface area contributed by atoms with Crippen LogP contribution in [-0.4, -0.2) is 6.16 Å². The molecule has 7 heteroatoms. The molecule has 0 aliphatic heterocycles. The molecule has 0 heterocycles. The Hall–Kier alpha value is -3.53. The van der Waals surface area contributed by atoms with Crippen molar-refractivity contribution in [1.29, 1.82) is 10.5 Å². The summed E-state index contributed by atoms with van der Waals surface area (Å²) in [6.07, 6.45) is 6.92. The highest BCUT2D eigenvalue weighted by Crippen LogP contribution is 2.46. The highest BCUT2D eigenvalue weighted by atomic mass is 35.5. The summed E-state index contributed by atoms with van der Waals surface area (Å²) in [7, 11) is 2.66. The van der Waals surface area contributed by atoms with E-state index < -0.39 is 10.5 Å². The Labute approximate surface area is 285 Å². The summed E-state index contributed by atoms with van der Waals surface area (Å²) in [5, 5.41) is 20.2. The van der Waals surface area contributed by atoms with Gasteiger partial charge in [0.2, 0.25) is 0 Å². The number of ether oxygens (including phenoxy) is 2. The average molecular weight is 670 g/mol. The number of benzene rings is 4.